The van der Waals surface area contributed by atoms with E-state index in [0.29, 0.717) is 24.2 Å². The van der Waals surface area contributed by atoms with Gasteiger partial charge in [0.1, 0.15) is 11.6 Å². The molecule has 8 heteroatoms. The second-order valence-electron chi connectivity index (χ2n) is 7.24. The molecule has 1 aliphatic rings. The molecule has 0 saturated carbocycles. The van der Waals surface area contributed by atoms with E-state index >= 15 is 0 Å². The molecular weight excluding hydrogens is 380 g/mol. The number of amides is 1. The van der Waals surface area contributed by atoms with Gasteiger partial charge in [-0.2, -0.15) is 15.0 Å². The molecule has 0 radical (unpaired) electrons. The number of nitrogens with zero attached hydrogens (tertiary/aromatic N) is 5. The van der Waals surface area contributed by atoms with Gasteiger partial charge in [0.25, 0.3) is 5.91 Å². The lowest BCUT2D eigenvalue weighted by Crippen LogP contribution is -2.32. The highest BCUT2D eigenvalue weighted by atomic mass is 16.5. The summed E-state index contributed by atoms with van der Waals surface area (Å²) in [4.78, 5) is 24.9. The van der Waals surface area contributed by atoms with E-state index in [1.54, 1.807) is 30.5 Å². The van der Waals surface area contributed by atoms with Crippen molar-refractivity contribution in [2.45, 2.75) is 12.5 Å². The van der Waals surface area contributed by atoms with Crippen LogP contribution in [0.25, 0.3) is 16.7 Å². The van der Waals surface area contributed by atoms with Crippen LogP contribution in [-0.2, 0) is 0 Å². The molecule has 0 spiro atoms. The fourth-order valence-electron chi connectivity index (χ4n) is 3.87. The number of aromatic amines is 1. The van der Waals surface area contributed by atoms with Crippen LogP contribution in [0, 0.1) is 0 Å². The smallest absolute Gasteiger partial charge is 0.257 e. The second kappa shape index (κ2) is 7.14. The number of para-hydroxylation sites is 1. The van der Waals surface area contributed by atoms with Gasteiger partial charge in [0.2, 0.25) is 0 Å². The topological polar surface area (TPSA) is 88.9 Å². The number of imidazole rings is 1. The number of fused-ring (bicyclic) bond motifs is 1. The Labute approximate surface area is 172 Å². The van der Waals surface area contributed by atoms with Crippen molar-refractivity contribution in [3.63, 3.8) is 0 Å². The zero-order chi connectivity index (χ0) is 20.7. The van der Waals surface area contributed by atoms with E-state index in [2.05, 4.69) is 21.8 Å². The molecule has 3 heterocycles. The van der Waals surface area contributed by atoms with Crippen molar-refractivity contribution in [1.82, 2.24) is 29.9 Å². The van der Waals surface area contributed by atoms with Gasteiger partial charge in [-0.3, -0.25) is 4.79 Å². The van der Waals surface area contributed by atoms with Crippen LogP contribution < -0.4 is 4.74 Å². The van der Waals surface area contributed by atoms with Crippen molar-refractivity contribution in [1.29, 1.82) is 0 Å². The molecule has 1 unspecified atom stereocenters. The summed E-state index contributed by atoms with van der Waals surface area (Å²) in [6.45, 7) is 4.60. The highest BCUT2D eigenvalue weighted by Gasteiger charge is 2.35. The normalized spacial score (nSPS) is 16.4. The number of H-pyrrole nitrogens is 1. The Kier molecular flexibility index (Phi) is 4.31. The average Bonchev–Trinajstić information content (AvgIpc) is 3.51. The first-order valence-corrected chi connectivity index (χ1v) is 9.61. The fourth-order valence-corrected chi connectivity index (χ4v) is 3.87. The quantitative estimate of drug-likeness (QED) is 0.531. The number of aromatic nitrogens is 5. The van der Waals surface area contributed by atoms with E-state index in [9.17, 15) is 4.79 Å². The SMILES string of the molecule is C=C1CC(c2nc3ccc(OC)cc3[nH]2)N(C(=O)c2ccccc2-n2nccn2)C1. The number of carbonyl (C=O) groups is 1. The molecule has 4 aromatic rings. The molecule has 1 fully saturated rings. The van der Waals surface area contributed by atoms with Crippen LogP contribution >= 0.6 is 0 Å². The van der Waals surface area contributed by atoms with Crippen LogP contribution in [0.3, 0.4) is 0 Å². The van der Waals surface area contributed by atoms with Crippen molar-refractivity contribution in [2.75, 3.05) is 13.7 Å². The number of carbonyl (C=O) groups excluding carboxylic acids is 1. The summed E-state index contributed by atoms with van der Waals surface area (Å²) < 4.78 is 5.30. The van der Waals surface area contributed by atoms with Gasteiger partial charge in [-0.25, -0.2) is 4.98 Å². The third-order valence-corrected chi connectivity index (χ3v) is 5.30. The number of hydrogen-bond acceptors (Lipinski definition) is 5. The van der Waals surface area contributed by atoms with E-state index in [4.69, 9.17) is 9.72 Å². The van der Waals surface area contributed by atoms with Crippen molar-refractivity contribution < 1.29 is 9.53 Å². The van der Waals surface area contributed by atoms with Crippen molar-refractivity contribution in [3.8, 4) is 11.4 Å². The third kappa shape index (κ3) is 3.02. The molecule has 8 nitrogen and oxygen atoms in total. The molecule has 1 atom stereocenters. The molecule has 1 aliphatic heterocycles. The molecular formula is C22H20N6O2. The minimum atomic E-state index is -0.220. The second-order valence-corrected chi connectivity index (χ2v) is 7.24. The number of ether oxygens (including phenoxy) is 1. The summed E-state index contributed by atoms with van der Waals surface area (Å²) in [5, 5.41) is 8.36. The Bertz CT molecular complexity index is 1240. The van der Waals surface area contributed by atoms with E-state index in [1.165, 1.54) is 4.80 Å². The molecule has 0 aliphatic carbocycles. The summed E-state index contributed by atoms with van der Waals surface area (Å²) in [6, 6.07) is 12.8. The molecule has 5 rings (SSSR count). The van der Waals surface area contributed by atoms with E-state index < -0.39 is 0 Å². The molecule has 1 N–H and O–H groups in total. The van der Waals surface area contributed by atoms with Crippen LogP contribution in [0.1, 0.15) is 28.6 Å². The Morgan fingerprint density at radius 3 is 2.80 bits per heavy atom. The number of likely N-dealkylation sites (tertiary alicyclic amines) is 1. The summed E-state index contributed by atoms with van der Waals surface area (Å²) in [7, 11) is 1.63. The van der Waals surface area contributed by atoms with E-state index in [-0.39, 0.29) is 11.9 Å². The van der Waals surface area contributed by atoms with Gasteiger partial charge in [0.05, 0.1) is 47.8 Å². The summed E-state index contributed by atoms with van der Waals surface area (Å²) in [5.74, 6) is 1.38. The maximum absolute atomic E-state index is 13.6. The maximum atomic E-state index is 13.6. The van der Waals surface area contributed by atoms with Gasteiger partial charge < -0.3 is 14.6 Å². The number of nitrogens with one attached hydrogen (secondary N) is 1. The standard InChI is InChI=1S/C22H20N6O2/c1-14-11-20(21-25-17-8-7-15(30-2)12-18(17)26-21)27(13-14)22(29)16-5-3-4-6-19(16)28-23-9-10-24-28/h3-10,12,20H,1,11,13H2,2H3,(H,25,26). The number of methoxy groups -OCH3 is 1. The molecule has 30 heavy (non-hydrogen) atoms. The van der Waals surface area contributed by atoms with Crippen molar-refractivity contribution in [2.24, 2.45) is 0 Å². The van der Waals surface area contributed by atoms with Crippen molar-refractivity contribution >= 4 is 16.9 Å². The number of hydrogen-bond donors (Lipinski definition) is 1. The van der Waals surface area contributed by atoms with Gasteiger partial charge in [-0.15, -0.1) is 0 Å². The monoisotopic (exact) mass is 400 g/mol. The van der Waals surface area contributed by atoms with Crippen LogP contribution in [-0.4, -0.2) is 49.4 Å². The molecule has 1 amide bonds. The first-order valence-electron chi connectivity index (χ1n) is 9.61. The Hall–Kier alpha value is -3.94. The average molecular weight is 400 g/mol. The predicted molar refractivity (Wildman–Crippen MR) is 112 cm³/mol. The van der Waals surface area contributed by atoms with Crippen LogP contribution in [0.2, 0.25) is 0 Å². The van der Waals surface area contributed by atoms with Gasteiger partial charge in [0, 0.05) is 12.6 Å². The lowest BCUT2D eigenvalue weighted by Gasteiger charge is -2.23. The van der Waals surface area contributed by atoms with Gasteiger partial charge >= 0.3 is 0 Å². The first-order chi connectivity index (χ1) is 14.6. The lowest BCUT2D eigenvalue weighted by atomic mass is 10.1. The number of rotatable bonds is 4. The molecule has 150 valence electrons. The molecule has 1 saturated heterocycles. The highest BCUT2D eigenvalue weighted by Crippen LogP contribution is 2.36. The highest BCUT2D eigenvalue weighted by molar-refractivity contribution is 5.98. The fraction of sp³-hybridized carbons (Fsp3) is 0.182. The minimum Gasteiger partial charge on any atom is -0.497 e. The molecule has 2 aromatic carbocycles. The Morgan fingerprint density at radius 2 is 2.00 bits per heavy atom. The predicted octanol–water partition coefficient (Wildman–Crippen LogP) is 3.30. The largest absolute Gasteiger partial charge is 0.497 e. The summed E-state index contributed by atoms with van der Waals surface area (Å²) >= 11 is 0. The van der Waals surface area contributed by atoms with Crippen molar-refractivity contribution in [3.05, 3.63) is 78.4 Å². The zero-order valence-corrected chi connectivity index (χ0v) is 16.4. The first kappa shape index (κ1) is 18.1. The van der Waals surface area contributed by atoms with Gasteiger partial charge in [-0.05, 0) is 30.7 Å². The Morgan fingerprint density at radius 1 is 1.20 bits per heavy atom. The number of benzene rings is 2. The summed E-state index contributed by atoms with van der Waals surface area (Å²) in [6.07, 6.45) is 3.83. The Balaban J connectivity index is 1.53. The molecule has 2 aromatic heterocycles. The van der Waals surface area contributed by atoms with Gasteiger partial charge in [-0.1, -0.05) is 24.3 Å². The third-order valence-electron chi connectivity index (χ3n) is 5.30. The van der Waals surface area contributed by atoms with E-state index in [0.717, 1.165) is 28.2 Å². The van der Waals surface area contributed by atoms with Crippen LogP contribution in [0.5, 0.6) is 5.75 Å². The van der Waals surface area contributed by atoms with Crippen LogP contribution in [0.4, 0.5) is 0 Å². The summed E-state index contributed by atoms with van der Waals surface area (Å²) in [5.41, 5.74) is 3.86. The maximum Gasteiger partial charge on any atom is 0.257 e. The zero-order valence-electron chi connectivity index (χ0n) is 16.4. The van der Waals surface area contributed by atoms with Gasteiger partial charge in [0.15, 0.2) is 0 Å². The molecule has 0 bridgehead atoms. The van der Waals surface area contributed by atoms with E-state index in [1.807, 2.05) is 36.4 Å². The minimum absolute atomic E-state index is 0.107. The van der Waals surface area contributed by atoms with Crippen LogP contribution in [0.15, 0.2) is 67.0 Å². The lowest BCUT2D eigenvalue weighted by molar-refractivity contribution is 0.0732.